The van der Waals surface area contributed by atoms with Gasteiger partial charge < -0.3 is 0 Å². The lowest BCUT2D eigenvalue weighted by molar-refractivity contribution is 1.58. The highest BCUT2D eigenvalue weighted by Crippen LogP contribution is 2.29. The summed E-state index contributed by atoms with van der Waals surface area (Å²) >= 11 is 2.40. The quantitative estimate of drug-likeness (QED) is 0.419. The van der Waals surface area contributed by atoms with Gasteiger partial charge >= 0.3 is 0 Å². The van der Waals surface area contributed by atoms with Gasteiger partial charge in [-0.1, -0.05) is 54.6 Å². The molecular formula is C18H15IP2. The van der Waals surface area contributed by atoms with E-state index in [0.717, 1.165) is 0 Å². The van der Waals surface area contributed by atoms with Crippen molar-refractivity contribution in [2.75, 3.05) is 0 Å². The molecule has 0 aromatic heterocycles. The first-order chi connectivity index (χ1) is 10.1. The van der Waals surface area contributed by atoms with Crippen LogP contribution in [0.1, 0.15) is 0 Å². The lowest BCUT2D eigenvalue weighted by Crippen LogP contribution is -1.93. The van der Waals surface area contributed by atoms with Gasteiger partial charge in [-0.25, -0.2) is 0 Å². The van der Waals surface area contributed by atoms with E-state index in [4.69, 9.17) is 0 Å². The van der Waals surface area contributed by atoms with Gasteiger partial charge in [-0.05, 0) is 67.6 Å². The third-order valence-electron chi connectivity index (χ3n) is 3.41. The third kappa shape index (κ3) is 3.54. The number of halogens is 1. The normalized spacial score (nSPS) is 10.6. The summed E-state index contributed by atoms with van der Waals surface area (Å²) < 4.78 is 1.28. The molecule has 0 radical (unpaired) electrons. The van der Waals surface area contributed by atoms with Gasteiger partial charge in [-0.15, -0.1) is 18.5 Å². The Balaban J connectivity index is 2.05. The Morgan fingerprint density at radius 1 is 0.619 bits per heavy atom. The molecule has 0 saturated heterocycles. The van der Waals surface area contributed by atoms with Gasteiger partial charge in [0.25, 0.3) is 0 Å². The molecule has 0 N–H and O–H groups in total. The molecule has 2 atom stereocenters. The molecule has 3 aromatic carbocycles. The van der Waals surface area contributed by atoms with Crippen LogP contribution >= 0.6 is 41.1 Å². The lowest BCUT2D eigenvalue weighted by Gasteiger charge is -2.09. The van der Waals surface area contributed by atoms with Crippen molar-refractivity contribution in [3.63, 3.8) is 0 Å². The molecule has 3 aromatic rings. The summed E-state index contributed by atoms with van der Waals surface area (Å²) in [4.78, 5) is 0. The van der Waals surface area contributed by atoms with Gasteiger partial charge in [0.2, 0.25) is 0 Å². The van der Waals surface area contributed by atoms with Crippen molar-refractivity contribution < 1.29 is 0 Å². The van der Waals surface area contributed by atoms with Crippen LogP contribution in [0.25, 0.3) is 22.3 Å². The third-order valence-corrected chi connectivity index (χ3v) is 5.05. The maximum Gasteiger partial charge on any atom is 0.0214 e. The molecule has 0 bridgehead atoms. The molecule has 0 aliphatic rings. The van der Waals surface area contributed by atoms with Crippen molar-refractivity contribution in [2.45, 2.75) is 0 Å². The van der Waals surface area contributed by atoms with Gasteiger partial charge in [0, 0.05) is 3.57 Å². The summed E-state index contributed by atoms with van der Waals surface area (Å²) in [5.41, 5.74) is 5.05. The van der Waals surface area contributed by atoms with Gasteiger partial charge in [-0.3, -0.25) is 0 Å². The second kappa shape index (κ2) is 6.57. The Hall–Kier alpha value is -0.750. The Labute approximate surface area is 143 Å². The van der Waals surface area contributed by atoms with Crippen LogP contribution < -0.4 is 10.6 Å². The highest BCUT2D eigenvalue weighted by molar-refractivity contribution is 14.1. The van der Waals surface area contributed by atoms with Crippen LogP contribution in [0, 0.1) is 3.57 Å². The van der Waals surface area contributed by atoms with Crippen LogP contribution in [-0.2, 0) is 0 Å². The monoisotopic (exact) mass is 420 g/mol. The molecule has 21 heavy (non-hydrogen) atoms. The van der Waals surface area contributed by atoms with Crippen LogP contribution in [0.15, 0.2) is 66.7 Å². The van der Waals surface area contributed by atoms with E-state index in [9.17, 15) is 0 Å². The van der Waals surface area contributed by atoms with E-state index in [2.05, 4.69) is 108 Å². The molecule has 3 heteroatoms. The number of hydrogen-bond donors (Lipinski definition) is 0. The van der Waals surface area contributed by atoms with Crippen LogP contribution in [-0.4, -0.2) is 0 Å². The summed E-state index contributed by atoms with van der Waals surface area (Å²) in [6.45, 7) is 0. The van der Waals surface area contributed by atoms with Crippen molar-refractivity contribution in [1.29, 1.82) is 0 Å². The maximum absolute atomic E-state index is 2.75. The van der Waals surface area contributed by atoms with Crippen LogP contribution in [0.2, 0.25) is 0 Å². The predicted molar refractivity (Wildman–Crippen MR) is 109 cm³/mol. The van der Waals surface area contributed by atoms with E-state index in [0.29, 0.717) is 0 Å². The molecule has 3 rings (SSSR count). The Kier molecular flexibility index (Phi) is 4.74. The average molecular weight is 420 g/mol. The lowest BCUT2D eigenvalue weighted by atomic mass is 9.99. The largest absolute Gasteiger partial charge is 0.106 e. The van der Waals surface area contributed by atoms with E-state index in [1.54, 1.807) is 0 Å². The zero-order valence-electron chi connectivity index (χ0n) is 11.4. The maximum atomic E-state index is 2.75. The first-order valence-electron chi connectivity index (χ1n) is 6.65. The zero-order chi connectivity index (χ0) is 14.8. The highest BCUT2D eigenvalue weighted by atomic mass is 127. The van der Waals surface area contributed by atoms with E-state index < -0.39 is 0 Å². The molecule has 0 aliphatic heterocycles. The molecule has 0 aliphatic carbocycles. The highest BCUT2D eigenvalue weighted by Gasteiger charge is 2.05. The van der Waals surface area contributed by atoms with Crippen molar-refractivity contribution in [1.82, 2.24) is 0 Å². The SMILES string of the molecule is Pc1ccc(-c2cccc(-c3ccc(P)cc3I)c2)cc1. The fourth-order valence-electron chi connectivity index (χ4n) is 2.31. The van der Waals surface area contributed by atoms with E-state index in [1.165, 1.54) is 36.4 Å². The molecule has 0 fully saturated rings. The van der Waals surface area contributed by atoms with E-state index >= 15 is 0 Å². The van der Waals surface area contributed by atoms with Crippen LogP contribution in [0.4, 0.5) is 0 Å². The molecule has 0 spiro atoms. The molecule has 0 nitrogen and oxygen atoms in total. The van der Waals surface area contributed by atoms with E-state index in [-0.39, 0.29) is 0 Å². The molecule has 0 heterocycles. The van der Waals surface area contributed by atoms with Crippen molar-refractivity contribution in [3.05, 3.63) is 70.3 Å². The van der Waals surface area contributed by atoms with Gasteiger partial charge in [0.05, 0.1) is 0 Å². The van der Waals surface area contributed by atoms with Gasteiger partial charge in [0.1, 0.15) is 0 Å². The standard InChI is InChI=1S/C18H15IP2/c19-18-11-16(21)8-9-17(18)14-3-1-2-13(10-14)12-4-6-15(20)7-5-12/h1-11H,20-21H2. The zero-order valence-corrected chi connectivity index (χ0v) is 15.9. The minimum Gasteiger partial charge on any atom is -0.106 e. The number of benzene rings is 3. The topological polar surface area (TPSA) is 0 Å². The molecule has 2 unspecified atom stereocenters. The molecular weight excluding hydrogens is 405 g/mol. The second-order valence-electron chi connectivity index (χ2n) is 4.94. The fraction of sp³-hybridized carbons (Fsp3) is 0. The Morgan fingerprint density at radius 2 is 1.29 bits per heavy atom. The Morgan fingerprint density at radius 3 is 2.00 bits per heavy atom. The van der Waals surface area contributed by atoms with Gasteiger partial charge in [0.15, 0.2) is 0 Å². The Bertz CT molecular complexity index is 779. The summed E-state index contributed by atoms with van der Waals surface area (Å²) in [6.07, 6.45) is 0. The summed E-state index contributed by atoms with van der Waals surface area (Å²) in [5.74, 6) is 0. The first kappa shape index (κ1) is 15.2. The van der Waals surface area contributed by atoms with Crippen LogP contribution in [0.5, 0.6) is 0 Å². The fourth-order valence-corrected chi connectivity index (χ4v) is 3.95. The molecule has 0 saturated carbocycles. The molecule has 0 amide bonds. The molecule has 104 valence electrons. The first-order valence-corrected chi connectivity index (χ1v) is 8.88. The summed E-state index contributed by atoms with van der Waals surface area (Å²) in [6, 6.07) is 23.8. The average Bonchev–Trinajstić information content (AvgIpc) is 2.48. The predicted octanol–water partition coefficient (Wildman–Crippen LogP) is 4.63. The minimum absolute atomic E-state index is 1.21. The second-order valence-corrected chi connectivity index (χ2v) is 7.44. The summed E-state index contributed by atoms with van der Waals surface area (Å²) in [5, 5.41) is 2.43. The van der Waals surface area contributed by atoms with Crippen molar-refractivity contribution in [2.24, 2.45) is 0 Å². The number of rotatable bonds is 2. The minimum atomic E-state index is 1.21. The smallest absolute Gasteiger partial charge is 0.0214 e. The van der Waals surface area contributed by atoms with E-state index in [1.807, 2.05) is 0 Å². The van der Waals surface area contributed by atoms with Crippen molar-refractivity contribution in [3.8, 4) is 22.3 Å². The number of hydrogen-bond acceptors (Lipinski definition) is 0. The summed E-state index contributed by atoms with van der Waals surface area (Å²) in [7, 11) is 5.47. The van der Waals surface area contributed by atoms with Crippen LogP contribution in [0.3, 0.4) is 0 Å². The van der Waals surface area contributed by atoms with Crippen molar-refractivity contribution >= 4 is 51.7 Å². The van der Waals surface area contributed by atoms with Gasteiger partial charge in [-0.2, -0.15) is 0 Å².